The van der Waals surface area contributed by atoms with E-state index in [0.29, 0.717) is 11.3 Å². The second-order valence-corrected chi connectivity index (χ2v) is 4.70. The minimum atomic E-state index is -2.84. The number of hydrogen-bond donors (Lipinski definition) is 1. The van der Waals surface area contributed by atoms with Crippen LogP contribution in [0.1, 0.15) is 11.1 Å². The van der Waals surface area contributed by atoms with Crippen LogP contribution in [-0.4, -0.2) is 12.3 Å². The molecule has 0 fully saturated rings. The Morgan fingerprint density at radius 3 is 2.32 bits per heavy atom. The van der Waals surface area contributed by atoms with Crippen molar-refractivity contribution in [1.29, 1.82) is 5.41 Å². The molecule has 0 amide bonds. The fraction of sp³-hybridized carbons (Fsp3) is 0.0714. The summed E-state index contributed by atoms with van der Waals surface area (Å²) in [6.45, 7) is -2.84. The first-order chi connectivity index (χ1) is 9.06. The summed E-state index contributed by atoms with van der Waals surface area (Å²) >= 11 is 3.34. The van der Waals surface area contributed by atoms with Crippen LogP contribution < -0.4 is 4.74 Å². The molecule has 0 aliphatic rings. The van der Waals surface area contributed by atoms with Crippen molar-refractivity contribution in [2.75, 3.05) is 0 Å². The molecule has 2 aromatic rings. The lowest BCUT2D eigenvalue weighted by atomic mass is 10.0. The zero-order valence-electron chi connectivity index (χ0n) is 9.74. The van der Waals surface area contributed by atoms with Gasteiger partial charge in [-0.3, -0.25) is 5.41 Å². The molecule has 0 saturated heterocycles. The summed E-state index contributed by atoms with van der Waals surface area (Å²) in [7, 11) is 0. The molecule has 0 unspecified atom stereocenters. The molecular formula is C14H10BrF2NO. The molecule has 1 N–H and O–H groups in total. The van der Waals surface area contributed by atoms with Gasteiger partial charge in [0.1, 0.15) is 5.75 Å². The molecule has 0 spiro atoms. The lowest BCUT2D eigenvalue weighted by Gasteiger charge is -2.07. The van der Waals surface area contributed by atoms with E-state index in [9.17, 15) is 8.78 Å². The molecule has 0 aliphatic carbocycles. The van der Waals surface area contributed by atoms with Crippen LogP contribution in [-0.2, 0) is 0 Å². The predicted octanol–water partition coefficient (Wildman–Crippen LogP) is 4.47. The highest BCUT2D eigenvalue weighted by atomic mass is 79.9. The number of nitrogens with one attached hydrogen (secondary N) is 1. The molecular weight excluding hydrogens is 316 g/mol. The molecule has 0 aromatic heterocycles. The first-order valence-corrected chi connectivity index (χ1v) is 6.25. The van der Waals surface area contributed by atoms with Crippen molar-refractivity contribution in [3.63, 3.8) is 0 Å². The molecule has 5 heteroatoms. The predicted molar refractivity (Wildman–Crippen MR) is 73.1 cm³/mol. The standard InChI is InChI=1S/C14H10BrF2NO/c15-11-3-1-2-10(8-11)13(18)9-4-6-12(7-5-9)19-14(16)17/h1-8,14,18H. The van der Waals surface area contributed by atoms with Gasteiger partial charge in [-0.25, -0.2) is 0 Å². The number of ether oxygens (including phenoxy) is 1. The van der Waals surface area contributed by atoms with Crippen molar-refractivity contribution < 1.29 is 13.5 Å². The number of halogens is 3. The van der Waals surface area contributed by atoms with E-state index < -0.39 is 6.61 Å². The Kier molecular flexibility index (Phi) is 4.27. The van der Waals surface area contributed by atoms with Crippen LogP contribution in [0.4, 0.5) is 8.78 Å². The van der Waals surface area contributed by atoms with Crippen LogP contribution in [0.5, 0.6) is 5.75 Å². The third-order valence-corrected chi connectivity index (χ3v) is 2.97. The van der Waals surface area contributed by atoms with Crippen LogP contribution in [0.15, 0.2) is 53.0 Å². The number of rotatable bonds is 4. The van der Waals surface area contributed by atoms with Gasteiger partial charge in [-0.15, -0.1) is 0 Å². The minimum absolute atomic E-state index is 0.0841. The van der Waals surface area contributed by atoms with Gasteiger partial charge < -0.3 is 4.74 Å². The lowest BCUT2D eigenvalue weighted by molar-refractivity contribution is -0.0498. The summed E-state index contributed by atoms with van der Waals surface area (Å²) in [5.74, 6) is 0.0841. The van der Waals surface area contributed by atoms with Gasteiger partial charge in [-0.1, -0.05) is 28.1 Å². The monoisotopic (exact) mass is 325 g/mol. The SMILES string of the molecule is N=C(c1ccc(OC(F)F)cc1)c1cccc(Br)c1. The van der Waals surface area contributed by atoms with Crippen LogP contribution in [0.25, 0.3) is 0 Å². The first-order valence-electron chi connectivity index (χ1n) is 5.46. The van der Waals surface area contributed by atoms with Crippen molar-refractivity contribution in [3.8, 4) is 5.75 Å². The lowest BCUT2D eigenvalue weighted by Crippen LogP contribution is -2.04. The molecule has 98 valence electrons. The van der Waals surface area contributed by atoms with Crippen molar-refractivity contribution in [2.24, 2.45) is 0 Å². The molecule has 0 bridgehead atoms. The van der Waals surface area contributed by atoms with E-state index in [4.69, 9.17) is 5.41 Å². The average molecular weight is 326 g/mol. The van der Waals surface area contributed by atoms with Crippen LogP contribution in [0, 0.1) is 5.41 Å². The third kappa shape index (κ3) is 3.61. The summed E-state index contributed by atoms with van der Waals surface area (Å²) in [5, 5.41) is 8.07. The highest BCUT2D eigenvalue weighted by molar-refractivity contribution is 9.10. The molecule has 19 heavy (non-hydrogen) atoms. The highest BCUT2D eigenvalue weighted by Gasteiger charge is 2.07. The largest absolute Gasteiger partial charge is 0.435 e. The van der Waals surface area contributed by atoms with Crippen molar-refractivity contribution in [3.05, 3.63) is 64.1 Å². The Balaban J connectivity index is 2.20. The van der Waals surface area contributed by atoms with Gasteiger partial charge in [0.15, 0.2) is 0 Å². The molecule has 2 nitrogen and oxygen atoms in total. The summed E-state index contributed by atoms with van der Waals surface area (Å²) < 4.78 is 29.2. The summed E-state index contributed by atoms with van der Waals surface area (Å²) in [6.07, 6.45) is 0. The molecule has 0 aliphatic heterocycles. The van der Waals surface area contributed by atoms with Crippen molar-refractivity contribution >= 4 is 21.6 Å². The van der Waals surface area contributed by atoms with Gasteiger partial charge in [-0.2, -0.15) is 8.78 Å². The number of alkyl halides is 2. The number of hydrogen-bond acceptors (Lipinski definition) is 2. The molecule has 2 aromatic carbocycles. The Hall–Kier alpha value is -1.75. The van der Waals surface area contributed by atoms with Gasteiger partial charge in [-0.05, 0) is 36.4 Å². The van der Waals surface area contributed by atoms with Gasteiger partial charge in [0.05, 0.1) is 5.71 Å². The van der Waals surface area contributed by atoms with E-state index >= 15 is 0 Å². The molecule has 0 heterocycles. The topological polar surface area (TPSA) is 33.1 Å². The Morgan fingerprint density at radius 1 is 1.05 bits per heavy atom. The summed E-state index contributed by atoms with van der Waals surface area (Å²) in [4.78, 5) is 0. The fourth-order valence-corrected chi connectivity index (χ4v) is 2.01. The molecule has 0 radical (unpaired) electrons. The van der Waals surface area contributed by atoms with E-state index in [1.165, 1.54) is 12.1 Å². The molecule has 0 atom stereocenters. The minimum Gasteiger partial charge on any atom is -0.435 e. The smallest absolute Gasteiger partial charge is 0.387 e. The maximum atomic E-state index is 12.0. The Morgan fingerprint density at radius 2 is 1.74 bits per heavy atom. The maximum absolute atomic E-state index is 12.0. The Bertz CT molecular complexity index is 584. The van der Waals surface area contributed by atoms with E-state index in [2.05, 4.69) is 20.7 Å². The summed E-state index contributed by atoms with van der Waals surface area (Å²) in [5.41, 5.74) is 1.71. The van der Waals surface area contributed by atoms with Gasteiger partial charge in [0.25, 0.3) is 0 Å². The maximum Gasteiger partial charge on any atom is 0.387 e. The van der Waals surface area contributed by atoms with Crippen LogP contribution in [0.2, 0.25) is 0 Å². The van der Waals surface area contributed by atoms with Gasteiger partial charge >= 0.3 is 6.61 Å². The second-order valence-electron chi connectivity index (χ2n) is 3.79. The molecule has 2 rings (SSSR count). The van der Waals surface area contributed by atoms with Crippen LogP contribution >= 0.6 is 15.9 Å². The Labute approximate surface area is 117 Å². The first kappa shape index (κ1) is 13.7. The van der Waals surface area contributed by atoms with Crippen LogP contribution in [0.3, 0.4) is 0 Å². The zero-order chi connectivity index (χ0) is 13.8. The van der Waals surface area contributed by atoms with E-state index in [1.807, 2.05) is 24.3 Å². The van der Waals surface area contributed by atoms with E-state index in [-0.39, 0.29) is 5.75 Å². The van der Waals surface area contributed by atoms with E-state index in [0.717, 1.165) is 10.0 Å². The normalized spacial score (nSPS) is 10.5. The average Bonchev–Trinajstić information content (AvgIpc) is 2.38. The second kappa shape index (κ2) is 5.93. The summed E-state index contributed by atoms with van der Waals surface area (Å²) in [6, 6.07) is 13.4. The molecule has 0 saturated carbocycles. The van der Waals surface area contributed by atoms with Gasteiger partial charge in [0.2, 0.25) is 0 Å². The fourth-order valence-electron chi connectivity index (χ4n) is 1.61. The van der Waals surface area contributed by atoms with Crippen molar-refractivity contribution in [1.82, 2.24) is 0 Å². The number of benzene rings is 2. The highest BCUT2D eigenvalue weighted by Crippen LogP contribution is 2.19. The third-order valence-electron chi connectivity index (χ3n) is 2.48. The van der Waals surface area contributed by atoms with Gasteiger partial charge in [0, 0.05) is 15.6 Å². The van der Waals surface area contributed by atoms with E-state index in [1.54, 1.807) is 12.1 Å². The van der Waals surface area contributed by atoms with Crippen molar-refractivity contribution in [2.45, 2.75) is 6.61 Å². The quantitative estimate of drug-likeness (QED) is 0.827. The zero-order valence-corrected chi connectivity index (χ0v) is 11.3.